The molecule has 1 amide bonds. The normalized spacial score (nSPS) is 12.4. The number of benzene rings is 2. The molecule has 0 saturated heterocycles. The molecule has 2 aromatic rings. The summed E-state index contributed by atoms with van der Waals surface area (Å²) in [4.78, 5) is 11.5. The third kappa shape index (κ3) is 4.30. The summed E-state index contributed by atoms with van der Waals surface area (Å²) in [5, 5.41) is 0. The molecule has 2 rings (SSSR count). The molecule has 0 heterocycles. The summed E-state index contributed by atoms with van der Waals surface area (Å²) in [5.74, 6) is -0.280. The van der Waals surface area contributed by atoms with Crippen LogP contribution in [0.5, 0.6) is 11.5 Å². The van der Waals surface area contributed by atoms with Gasteiger partial charge in [0.1, 0.15) is 10.6 Å². The monoisotopic (exact) mass is 363 g/mol. The van der Waals surface area contributed by atoms with Crippen LogP contribution in [-0.2, 0) is 10.1 Å². The summed E-state index contributed by atoms with van der Waals surface area (Å²) in [6.07, 6.45) is 0.953. The molecule has 0 fully saturated rings. The number of hydrogen-bond donors (Lipinski definition) is 1. The molecule has 25 heavy (non-hydrogen) atoms. The lowest BCUT2D eigenvalue weighted by atomic mass is 9.99. The van der Waals surface area contributed by atoms with Gasteiger partial charge in [0.15, 0.2) is 5.75 Å². The number of rotatable bonds is 7. The number of carbonyl (C=O) groups excluding carboxylic acids is 1. The molecule has 7 heteroatoms. The van der Waals surface area contributed by atoms with Crippen molar-refractivity contribution in [1.29, 1.82) is 0 Å². The topological polar surface area (TPSA) is 95.7 Å². The molecule has 0 aliphatic carbocycles. The van der Waals surface area contributed by atoms with Gasteiger partial charge in [-0.1, -0.05) is 26.0 Å². The van der Waals surface area contributed by atoms with Gasteiger partial charge < -0.3 is 14.7 Å². The SMILES string of the molecule is CCC(C)c1ccc(S(=O)(=O)Oc2cc(OC)ccc2C(N)=O)cc1. The fourth-order valence-electron chi connectivity index (χ4n) is 2.27. The number of carbonyl (C=O) groups is 1. The molecule has 0 radical (unpaired) electrons. The van der Waals surface area contributed by atoms with E-state index in [2.05, 4.69) is 13.8 Å². The maximum atomic E-state index is 12.5. The van der Waals surface area contributed by atoms with Crippen LogP contribution < -0.4 is 14.7 Å². The van der Waals surface area contributed by atoms with Gasteiger partial charge in [0.25, 0.3) is 5.91 Å². The summed E-state index contributed by atoms with van der Waals surface area (Å²) in [6, 6.07) is 10.7. The molecule has 0 spiro atoms. The van der Waals surface area contributed by atoms with Gasteiger partial charge in [-0.2, -0.15) is 8.42 Å². The van der Waals surface area contributed by atoms with Gasteiger partial charge in [-0.05, 0) is 42.2 Å². The number of amides is 1. The first kappa shape index (κ1) is 18.8. The highest BCUT2D eigenvalue weighted by atomic mass is 32.2. The Hall–Kier alpha value is -2.54. The Bertz CT molecular complexity index is 860. The molecule has 134 valence electrons. The van der Waals surface area contributed by atoms with E-state index in [1.807, 2.05) is 0 Å². The van der Waals surface area contributed by atoms with E-state index in [-0.39, 0.29) is 16.2 Å². The lowest BCUT2D eigenvalue weighted by Crippen LogP contribution is -2.16. The highest BCUT2D eigenvalue weighted by molar-refractivity contribution is 7.87. The zero-order chi connectivity index (χ0) is 18.6. The van der Waals surface area contributed by atoms with Crippen molar-refractivity contribution >= 4 is 16.0 Å². The lowest BCUT2D eigenvalue weighted by molar-refractivity contribution is 0.0999. The predicted molar refractivity (Wildman–Crippen MR) is 94.5 cm³/mol. The molecule has 0 saturated carbocycles. The van der Waals surface area contributed by atoms with Gasteiger partial charge in [-0.25, -0.2) is 0 Å². The number of hydrogen-bond acceptors (Lipinski definition) is 5. The molecule has 1 atom stereocenters. The van der Waals surface area contributed by atoms with Crippen LogP contribution in [-0.4, -0.2) is 21.4 Å². The lowest BCUT2D eigenvalue weighted by Gasteiger charge is -2.13. The smallest absolute Gasteiger partial charge is 0.339 e. The number of primary amides is 1. The standard InChI is InChI=1S/C18H21NO5S/c1-4-12(2)13-5-8-15(9-6-13)25(21,22)24-17-11-14(23-3)7-10-16(17)18(19)20/h5-12H,4H2,1-3H3,(H2,19,20). The fourth-order valence-corrected chi connectivity index (χ4v) is 3.21. The van der Waals surface area contributed by atoms with Crippen molar-refractivity contribution in [2.45, 2.75) is 31.1 Å². The van der Waals surface area contributed by atoms with E-state index in [0.29, 0.717) is 11.7 Å². The van der Waals surface area contributed by atoms with Crippen molar-refractivity contribution < 1.29 is 22.1 Å². The second-order valence-corrected chi connectivity index (χ2v) is 7.19. The summed E-state index contributed by atoms with van der Waals surface area (Å²) in [7, 11) is -2.69. The van der Waals surface area contributed by atoms with Crippen molar-refractivity contribution in [3.8, 4) is 11.5 Å². The summed E-state index contributed by atoms with van der Waals surface area (Å²) in [5.41, 5.74) is 6.28. The van der Waals surface area contributed by atoms with Crippen molar-refractivity contribution in [2.24, 2.45) is 5.73 Å². The summed E-state index contributed by atoms with van der Waals surface area (Å²) in [6.45, 7) is 4.13. The second kappa shape index (κ2) is 7.57. The number of ether oxygens (including phenoxy) is 1. The van der Waals surface area contributed by atoms with E-state index < -0.39 is 16.0 Å². The Balaban J connectivity index is 2.37. The number of methoxy groups -OCH3 is 1. The molecule has 0 aliphatic heterocycles. The Kier molecular flexibility index (Phi) is 5.69. The van der Waals surface area contributed by atoms with Gasteiger partial charge in [0.05, 0.1) is 12.7 Å². The molecule has 2 aromatic carbocycles. The Morgan fingerprint density at radius 1 is 1.16 bits per heavy atom. The summed E-state index contributed by atoms with van der Waals surface area (Å²) < 4.78 is 35.2. The maximum absolute atomic E-state index is 12.5. The van der Waals surface area contributed by atoms with E-state index in [4.69, 9.17) is 14.7 Å². The van der Waals surface area contributed by atoms with Crippen LogP contribution >= 0.6 is 0 Å². The van der Waals surface area contributed by atoms with Crippen molar-refractivity contribution in [2.75, 3.05) is 7.11 Å². The second-order valence-electron chi connectivity index (χ2n) is 5.64. The van der Waals surface area contributed by atoms with E-state index in [0.717, 1.165) is 12.0 Å². The third-order valence-corrected chi connectivity index (χ3v) is 5.25. The average molecular weight is 363 g/mol. The van der Waals surface area contributed by atoms with Gasteiger partial charge in [0.2, 0.25) is 0 Å². The van der Waals surface area contributed by atoms with E-state index in [1.165, 1.54) is 37.4 Å². The molecule has 0 bridgehead atoms. The van der Waals surface area contributed by atoms with E-state index >= 15 is 0 Å². The molecule has 6 nitrogen and oxygen atoms in total. The van der Waals surface area contributed by atoms with Crippen LogP contribution in [0.2, 0.25) is 0 Å². The van der Waals surface area contributed by atoms with E-state index in [9.17, 15) is 13.2 Å². The Morgan fingerprint density at radius 2 is 1.80 bits per heavy atom. The van der Waals surface area contributed by atoms with Crippen molar-refractivity contribution in [1.82, 2.24) is 0 Å². The van der Waals surface area contributed by atoms with Crippen molar-refractivity contribution in [3.63, 3.8) is 0 Å². The largest absolute Gasteiger partial charge is 0.497 e. The van der Waals surface area contributed by atoms with E-state index in [1.54, 1.807) is 12.1 Å². The first-order valence-electron chi connectivity index (χ1n) is 7.80. The third-order valence-electron chi connectivity index (χ3n) is 4.00. The molecular formula is C18H21NO5S. The Morgan fingerprint density at radius 3 is 2.32 bits per heavy atom. The molecule has 2 N–H and O–H groups in total. The van der Waals surface area contributed by atoms with Gasteiger partial charge in [-0.15, -0.1) is 0 Å². The van der Waals surface area contributed by atoms with Crippen LogP contribution in [0.4, 0.5) is 0 Å². The average Bonchev–Trinajstić information content (AvgIpc) is 2.60. The van der Waals surface area contributed by atoms with Crippen molar-refractivity contribution in [3.05, 3.63) is 53.6 Å². The minimum absolute atomic E-state index is 0.00204. The zero-order valence-corrected chi connectivity index (χ0v) is 15.2. The van der Waals surface area contributed by atoms with Gasteiger partial charge >= 0.3 is 10.1 Å². The van der Waals surface area contributed by atoms with Crippen LogP contribution in [0.3, 0.4) is 0 Å². The van der Waals surface area contributed by atoms with Gasteiger partial charge in [0, 0.05) is 6.07 Å². The summed E-state index contributed by atoms with van der Waals surface area (Å²) >= 11 is 0. The van der Waals surface area contributed by atoms with Crippen LogP contribution in [0.15, 0.2) is 47.4 Å². The zero-order valence-electron chi connectivity index (χ0n) is 14.4. The minimum Gasteiger partial charge on any atom is -0.497 e. The first-order chi connectivity index (χ1) is 11.8. The minimum atomic E-state index is -4.11. The highest BCUT2D eigenvalue weighted by Crippen LogP contribution is 2.28. The maximum Gasteiger partial charge on any atom is 0.339 e. The predicted octanol–water partition coefficient (Wildman–Crippen LogP) is 3.08. The molecule has 0 aliphatic rings. The van der Waals surface area contributed by atoms with Crippen LogP contribution in [0.1, 0.15) is 42.1 Å². The van der Waals surface area contributed by atoms with Crippen LogP contribution in [0.25, 0.3) is 0 Å². The highest BCUT2D eigenvalue weighted by Gasteiger charge is 2.21. The van der Waals surface area contributed by atoms with Crippen LogP contribution in [0, 0.1) is 0 Å². The first-order valence-corrected chi connectivity index (χ1v) is 9.21. The molecule has 1 unspecified atom stereocenters. The number of nitrogens with two attached hydrogens (primary N) is 1. The Labute approximate surface area is 147 Å². The molecular weight excluding hydrogens is 342 g/mol. The molecule has 0 aromatic heterocycles. The quantitative estimate of drug-likeness (QED) is 0.763. The van der Waals surface area contributed by atoms with Gasteiger partial charge in [-0.3, -0.25) is 4.79 Å². The fraction of sp³-hybridized carbons (Fsp3) is 0.278.